The van der Waals surface area contributed by atoms with E-state index in [9.17, 15) is 4.79 Å². The number of carbonyl (C=O) groups is 1. The van der Waals surface area contributed by atoms with Gasteiger partial charge in [-0.25, -0.2) is 0 Å². The predicted octanol–water partition coefficient (Wildman–Crippen LogP) is 1.47. The number of rotatable bonds is 4. The Morgan fingerprint density at radius 1 is 1.06 bits per heavy atom. The molecule has 0 atom stereocenters. The highest BCUT2D eigenvalue weighted by molar-refractivity contribution is 5.94. The second kappa shape index (κ2) is 5.93. The molecule has 1 heterocycles. The Kier molecular flexibility index (Phi) is 4.04. The minimum Gasteiger partial charge on any atom is -0.348 e. The second-order valence-corrected chi connectivity index (χ2v) is 3.94. The van der Waals surface area contributed by atoms with Gasteiger partial charge in [0.15, 0.2) is 0 Å². The maximum absolute atomic E-state index is 11.9. The van der Waals surface area contributed by atoms with Gasteiger partial charge in [-0.3, -0.25) is 9.78 Å². The lowest BCUT2D eigenvalue weighted by Gasteiger charge is -2.05. The van der Waals surface area contributed by atoms with Gasteiger partial charge in [-0.05, 0) is 35.4 Å². The van der Waals surface area contributed by atoms with Crippen molar-refractivity contribution in [2.24, 2.45) is 5.73 Å². The van der Waals surface area contributed by atoms with Crippen molar-refractivity contribution in [1.82, 2.24) is 10.3 Å². The minimum absolute atomic E-state index is 0.0876. The lowest BCUT2D eigenvalue weighted by Crippen LogP contribution is -2.22. The van der Waals surface area contributed by atoms with E-state index in [-0.39, 0.29) is 5.91 Å². The van der Waals surface area contributed by atoms with Crippen LogP contribution in [0.5, 0.6) is 0 Å². The number of aromatic nitrogens is 1. The van der Waals surface area contributed by atoms with E-state index in [1.807, 2.05) is 24.3 Å². The summed E-state index contributed by atoms with van der Waals surface area (Å²) < 4.78 is 0. The molecule has 0 unspecified atom stereocenters. The SMILES string of the molecule is NCc1ccc(C(=O)NCc2ccncc2)cc1. The highest BCUT2D eigenvalue weighted by Gasteiger charge is 2.04. The lowest BCUT2D eigenvalue weighted by molar-refractivity contribution is 0.0951. The van der Waals surface area contributed by atoms with Crippen LogP contribution >= 0.6 is 0 Å². The van der Waals surface area contributed by atoms with E-state index in [0.29, 0.717) is 18.7 Å². The number of hydrogen-bond acceptors (Lipinski definition) is 3. The molecule has 0 bridgehead atoms. The monoisotopic (exact) mass is 241 g/mol. The Morgan fingerprint density at radius 3 is 2.33 bits per heavy atom. The van der Waals surface area contributed by atoms with Gasteiger partial charge < -0.3 is 11.1 Å². The largest absolute Gasteiger partial charge is 0.348 e. The normalized spacial score (nSPS) is 10.1. The molecule has 0 saturated carbocycles. The van der Waals surface area contributed by atoms with E-state index in [4.69, 9.17) is 5.73 Å². The number of nitrogens with one attached hydrogen (secondary N) is 1. The van der Waals surface area contributed by atoms with Crippen molar-refractivity contribution in [3.8, 4) is 0 Å². The quantitative estimate of drug-likeness (QED) is 0.851. The van der Waals surface area contributed by atoms with Gasteiger partial charge in [-0.2, -0.15) is 0 Å². The molecular weight excluding hydrogens is 226 g/mol. The van der Waals surface area contributed by atoms with E-state index in [0.717, 1.165) is 11.1 Å². The average Bonchev–Trinajstić information content (AvgIpc) is 2.46. The molecule has 0 saturated heterocycles. The number of nitrogens with two attached hydrogens (primary N) is 1. The van der Waals surface area contributed by atoms with E-state index < -0.39 is 0 Å². The zero-order chi connectivity index (χ0) is 12.8. The third-order valence-corrected chi connectivity index (χ3v) is 2.65. The molecule has 0 spiro atoms. The lowest BCUT2D eigenvalue weighted by atomic mass is 10.1. The number of amides is 1. The van der Waals surface area contributed by atoms with Gasteiger partial charge in [0.2, 0.25) is 0 Å². The minimum atomic E-state index is -0.0876. The molecule has 0 aliphatic rings. The molecule has 0 fully saturated rings. The van der Waals surface area contributed by atoms with Crippen molar-refractivity contribution >= 4 is 5.91 Å². The highest BCUT2D eigenvalue weighted by atomic mass is 16.1. The van der Waals surface area contributed by atoms with E-state index in [1.54, 1.807) is 24.5 Å². The van der Waals surface area contributed by atoms with Crippen LogP contribution in [0, 0.1) is 0 Å². The third kappa shape index (κ3) is 3.15. The van der Waals surface area contributed by atoms with Gasteiger partial charge in [0.1, 0.15) is 0 Å². The van der Waals surface area contributed by atoms with Crippen LogP contribution in [-0.2, 0) is 13.1 Å². The van der Waals surface area contributed by atoms with E-state index in [2.05, 4.69) is 10.3 Å². The summed E-state index contributed by atoms with van der Waals surface area (Å²) in [6, 6.07) is 11.0. The van der Waals surface area contributed by atoms with Crippen LogP contribution < -0.4 is 11.1 Å². The van der Waals surface area contributed by atoms with Gasteiger partial charge in [0.25, 0.3) is 5.91 Å². The van der Waals surface area contributed by atoms with Crippen LogP contribution in [0.25, 0.3) is 0 Å². The van der Waals surface area contributed by atoms with Crippen LogP contribution in [0.3, 0.4) is 0 Å². The third-order valence-electron chi connectivity index (χ3n) is 2.65. The second-order valence-electron chi connectivity index (χ2n) is 3.94. The van der Waals surface area contributed by atoms with Crippen molar-refractivity contribution in [1.29, 1.82) is 0 Å². The van der Waals surface area contributed by atoms with Crippen LogP contribution in [-0.4, -0.2) is 10.9 Å². The summed E-state index contributed by atoms with van der Waals surface area (Å²) in [7, 11) is 0. The van der Waals surface area contributed by atoms with Crippen molar-refractivity contribution in [3.05, 3.63) is 65.5 Å². The van der Waals surface area contributed by atoms with Crippen LogP contribution in [0.15, 0.2) is 48.8 Å². The van der Waals surface area contributed by atoms with Gasteiger partial charge in [0.05, 0.1) is 0 Å². The number of pyridine rings is 1. The maximum Gasteiger partial charge on any atom is 0.251 e. The average molecular weight is 241 g/mol. The van der Waals surface area contributed by atoms with Gasteiger partial charge in [-0.1, -0.05) is 12.1 Å². The molecule has 4 heteroatoms. The van der Waals surface area contributed by atoms with Crippen molar-refractivity contribution in [2.75, 3.05) is 0 Å². The first-order chi connectivity index (χ1) is 8.79. The number of benzene rings is 1. The van der Waals surface area contributed by atoms with E-state index in [1.165, 1.54) is 0 Å². The first-order valence-electron chi connectivity index (χ1n) is 5.75. The zero-order valence-corrected chi connectivity index (χ0v) is 9.97. The fourth-order valence-electron chi connectivity index (χ4n) is 1.58. The number of carbonyl (C=O) groups excluding carboxylic acids is 1. The number of nitrogens with zero attached hydrogens (tertiary/aromatic N) is 1. The first kappa shape index (κ1) is 12.3. The smallest absolute Gasteiger partial charge is 0.251 e. The Hall–Kier alpha value is -2.20. The zero-order valence-electron chi connectivity index (χ0n) is 9.97. The van der Waals surface area contributed by atoms with Crippen LogP contribution in [0.2, 0.25) is 0 Å². The molecule has 1 aromatic heterocycles. The summed E-state index contributed by atoms with van der Waals surface area (Å²) >= 11 is 0. The molecule has 0 radical (unpaired) electrons. The predicted molar refractivity (Wildman–Crippen MR) is 69.7 cm³/mol. The van der Waals surface area contributed by atoms with Gasteiger partial charge >= 0.3 is 0 Å². The molecule has 1 amide bonds. The molecule has 0 aliphatic carbocycles. The molecular formula is C14H15N3O. The summed E-state index contributed by atoms with van der Waals surface area (Å²) in [6.07, 6.45) is 3.41. The Balaban J connectivity index is 1.95. The standard InChI is InChI=1S/C14H15N3O/c15-9-11-1-3-13(4-2-11)14(18)17-10-12-5-7-16-8-6-12/h1-8H,9-10,15H2,(H,17,18). The molecule has 0 aliphatic heterocycles. The maximum atomic E-state index is 11.9. The van der Waals surface area contributed by atoms with Crippen molar-refractivity contribution < 1.29 is 4.79 Å². The Morgan fingerprint density at radius 2 is 1.72 bits per heavy atom. The topological polar surface area (TPSA) is 68.0 Å². The molecule has 92 valence electrons. The van der Waals surface area contributed by atoms with Crippen molar-refractivity contribution in [3.63, 3.8) is 0 Å². The molecule has 2 rings (SSSR count). The highest BCUT2D eigenvalue weighted by Crippen LogP contribution is 2.04. The summed E-state index contributed by atoms with van der Waals surface area (Å²) in [5, 5.41) is 2.85. The summed E-state index contributed by atoms with van der Waals surface area (Å²) in [5.41, 5.74) is 8.18. The molecule has 2 aromatic rings. The number of hydrogen-bond donors (Lipinski definition) is 2. The summed E-state index contributed by atoms with van der Waals surface area (Å²) in [4.78, 5) is 15.8. The Labute approximate surface area is 106 Å². The fraction of sp³-hybridized carbons (Fsp3) is 0.143. The summed E-state index contributed by atoms with van der Waals surface area (Å²) in [6.45, 7) is 0.985. The van der Waals surface area contributed by atoms with Gasteiger partial charge in [0, 0.05) is 31.0 Å². The van der Waals surface area contributed by atoms with E-state index >= 15 is 0 Å². The first-order valence-corrected chi connectivity index (χ1v) is 5.75. The molecule has 18 heavy (non-hydrogen) atoms. The Bertz CT molecular complexity index is 508. The molecule has 3 N–H and O–H groups in total. The van der Waals surface area contributed by atoms with Crippen LogP contribution in [0.1, 0.15) is 21.5 Å². The molecule has 4 nitrogen and oxygen atoms in total. The summed E-state index contributed by atoms with van der Waals surface area (Å²) in [5.74, 6) is -0.0876. The fourth-order valence-corrected chi connectivity index (χ4v) is 1.58. The van der Waals surface area contributed by atoms with Gasteiger partial charge in [-0.15, -0.1) is 0 Å². The van der Waals surface area contributed by atoms with Crippen molar-refractivity contribution in [2.45, 2.75) is 13.1 Å². The van der Waals surface area contributed by atoms with Crippen LogP contribution in [0.4, 0.5) is 0 Å². The molecule has 1 aromatic carbocycles.